The highest BCUT2D eigenvalue weighted by atomic mass is 35.5. The van der Waals surface area contributed by atoms with Crippen molar-refractivity contribution in [2.24, 2.45) is 0 Å². The van der Waals surface area contributed by atoms with Crippen LogP contribution in [0.1, 0.15) is 23.2 Å². The van der Waals surface area contributed by atoms with Crippen LogP contribution in [0.5, 0.6) is 0 Å². The molecule has 0 N–H and O–H groups in total. The van der Waals surface area contributed by atoms with E-state index in [4.69, 9.17) is 11.6 Å². The van der Waals surface area contributed by atoms with Crippen LogP contribution in [-0.2, 0) is 0 Å². The number of ketones is 1. The maximum atomic E-state index is 12.6. The van der Waals surface area contributed by atoms with Crippen LogP contribution in [0.2, 0.25) is 5.02 Å². The number of thioether (sulfide) groups is 1. The van der Waals surface area contributed by atoms with E-state index in [0.29, 0.717) is 21.7 Å². The number of aromatic nitrogens is 3. The van der Waals surface area contributed by atoms with Crippen molar-refractivity contribution in [3.05, 3.63) is 69.2 Å². The molecule has 154 valence electrons. The molecule has 0 bridgehead atoms. The van der Waals surface area contributed by atoms with Gasteiger partial charge in [-0.2, -0.15) is 0 Å². The van der Waals surface area contributed by atoms with Crippen LogP contribution in [0.15, 0.2) is 53.7 Å². The Bertz CT molecular complexity index is 1100. The number of non-ortho nitro benzene ring substituents is 1. The number of benzene rings is 2. The van der Waals surface area contributed by atoms with Crippen LogP contribution in [0, 0.1) is 10.1 Å². The predicted octanol–water partition coefficient (Wildman–Crippen LogP) is 4.40. The number of hydrogen-bond acceptors (Lipinski definition) is 7. The van der Waals surface area contributed by atoms with Gasteiger partial charge in [0.1, 0.15) is 0 Å². The summed E-state index contributed by atoms with van der Waals surface area (Å²) >= 11 is 7.67. The summed E-state index contributed by atoms with van der Waals surface area (Å²) in [7, 11) is 0. The Morgan fingerprint density at radius 2 is 1.90 bits per heavy atom. The van der Waals surface area contributed by atoms with Gasteiger partial charge in [-0.15, -0.1) is 10.2 Å². The van der Waals surface area contributed by atoms with E-state index in [0.717, 1.165) is 31.6 Å². The molecule has 8 nitrogen and oxygen atoms in total. The SMILES string of the molecule is O=C(CSc1nnc(N2CCCC2)n1-c1ccccc1Cl)c1cccc([N+](=O)[O-])c1. The van der Waals surface area contributed by atoms with Gasteiger partial charge in [-0.05, 0) is 25.0 Å². The first kappa shape index (κ1) is 20.4. The van der Waals surface area contributed by atoms with Crippen molar-refractivity contribution < 1.29 is 9.72 Å². The van der Waals surface area contributed by atoms with Crippen LogP contribution < -0.4 is 4.90 Å². The van der Waals surface area contributed by atoms with E-state index in [1.165, 1.54) is 30.0 Å². The summed E-state index contributed by atoms with van der Waals surface area (Å²) in [6, 6.07) is 13.2. The minimum Gasteiger partial charge on any atom is -0.341 e. The first-order valence-electron chi connectivity index (χ1n) is 9.40. The first-order chi connectivity index (χ1) is 14.5. The monoisotopic (exact) mass is 443 g/mol. The van der Waals surface area contributed by atoms with Crippen molar-refractivity contribution >= 4 is 40.8 Å². The zero-order chi connectivity index (χ0) is 21.1. The number of Topliss-reactive ketones (excluding diaryl/α,β-unsaturated/α-hetero) is 1. The molecule has 0 atom stereocenters. The lowest BCUT2D eigenvalue weighted by Crippen LogP contribution is -2.22. The van der Waals surface area contributed by atoms with Gasteiger partial charge in [0, 0.05) is 30.8 Å². The molecule has 2 heterocycles. The Morgan fingerprint density at radius 1 is 1.13 bits per heavy atom. The van der Waals surface area contributed by atoms with Crippen molar-refractivity contribution in [3.8, 4) is 5.69 Å². The van der Waals surface area contributed by atoms with E-state index in [1.807, 2.05) is 22.8 Å². The van der Waals surface area contributed by atoms with Crippen molar-refractivity contribution in [3.63, 3.8) is 0 Å². The summed E-state index contributed by atoms with van der Waals surface area (Å²) in [5.41, 5.74) is 0.929. The lowest BCUT2D eigenvalue weighted by Gasteiger charge is -2.19. The molecule has 0 amide bonds. The van der Waals surface area contributed by atoms with Crippen LogP contribution in [0.3, 0.4) is 0 Å². The second kappa shape index (κ2) is 8.85. The summed E-state index contributed by atoms with van der Waals surface area (Å²) in [5.74, 6) is 0.551. The minimum absolute atomic E-state index is 0.0732. The van der Waals surface area contributed by atoms with Crippen molar-refractivity contribution in [1.29, 1.82) is 0 Å². The molecule has 30 heavy (non-hydrogen) atoms. The zero-order valence-corrected chi connectivity index (χ0v) is 17.5. The Kier molecular flexibility index (Phi) is 6.01. The smallest absolute Gasteiger partial charge is 0.270 e. The van der Waals surface area contributed by atoms with E-state index in [-0.39, 0.29) is 17.2 Å². The molecule has 1 aromatic heterocycles. The molecule has 0 unspecified atom stereocenters. The van der Waals surface area contributed by atoms with Gasteiger partial charge in [0.2, 0.25) is 5.95 Å². The lowest BCUT2D eigenvalue weighted by atomic mass is 10.1. The number of hydrogen-bond donors (Lipinski definition) is 0. The van der Waals surface area contributed by atoms with Gasteiger partial charge in [0.15, 0.2) is 10.9 Å². The zero-order valence-electron chi connectivity index (χ0n) is 15.9. The second-order valence-electron chi connectivity index (χ2n) is 6.78. The molecule has 1 fully saturated rings. The predicted molar refractivity (Wildman–Crippen MR) is 116 cm³/mol. The van der Waals surface area contributed by atoms with Gasteiger partial charge in [0.25, 0.3) is 5.69 Å². The van der Waals surface area contributed by atoms with Gasteiger partial charge in [0.05, 0.1) is 21.4 Å². The van der Waals surface area contributed by atoms with Crippen molar-refractivity contribution in [2.75, 3.05) is 23.7 Å². The number of rotatable bonds is 7. The number of carbonyl (C=O) groups excluding carboxylic acids is 1. The molecular formula is C20H18ClN5O3S. The van der Waals surface area contributed by atoms with Crippen LogP contribution in [0.25, 0.3) is 5.69 Å². The summed E-state index contributed by atoms with van der Waals surface area (Å²) in [5, 5.41) is 20.7. The normalized spacial score (nSPS) is 13.6. The summed E-state index contributed by atoms with van der Waals surface area (Å²) in [4.78, 5) is 25.2. The van der Waals surface area contributed by atoms with Gasteiger partial charge in [-0.3, -0.25) is 19.5 Å². The fraction of sp³-hybridized carbons (Fsp3) is 0.250. The third-order valence-electron chi connectivity index (χ3n) is 4.81. The Labute approximate surface area is 182 Å². The lowest BCUT2D eigenvalue weighted by molar-refractivity contribution is -0.384. The second-order valence-corrected chi connectivity index (χ2v) is 8.13. The fourth-order valence-electron chi connectivity index (χ4n) is 3.33. The Balaban J connectivity index is 1.61. The summed E-state index contributed by atoms with van der Waals surface area (Å²) in [6.07, 6.45) is 2.17. The minimum atomic E-state index is -0.514. The van der Waals surface area contributed by atoms with Crippen molar-refractivity contribution in [2.45, 2.75) is 18.0 Å². The largest absolute Gasteiger partial charge is 0.341 e. The summed E-state index contributed by atoms with van der Waals surface area (Å²) in [6.45, 7) is 1.78. The first-order valence-corrected chi connectivity index (χ1v) is 10.8. The number of carbonyl (C=O) groups is 1. The van der Waals surface area contributed by atoms with Crippen LogP contribution in [-0.4, -0.2) is 44.3 Å². The van der Waals surface area contributed by atoms with Crippen LogP contribution in [0.4, 0.5) is 11.6 Å². The third-order valence-corrected chi connectivity index (χ3v) is 6.06. The van der Waals surface area contributed by atoms with E-state index in [1.54, 1.807) is 12.1 Å². The van der Waals surface area contributed by atoms with Gasteiger partial charge < -0.3 is 4.90 Å². The number of halogens is 1. The van der Waals surface area contributed by atoms with Gasteiger partial charge in [-0.1, -0.05) is 47.6 Å². The fourth-order valence-corrected chi connectivity index (χ4v) is 4.38. The number of para-hydroxylation sites is 1. The molecule has 1 saturated heterocycles. The average Bonchev–Trinajstić information content (AvgIpc) is 3.42. The highest BCUT2D eigenvalue weighted by molar-refractivity contribution is 7.99. The molecule has 1 aliphatic heterocycles. The average molecular weight is 444 g/mol. The highest BCUT2D eigenvalue weighted by Crippen LogP contribution is 2.32. The molecule has 0 radical (unpaired) electrons. The van der Waals surface area contributed by atoms with E-state index in [9.17, 15) is 14.9 Å². The molecule has 2 aromatic carbocycles. The molecule has 10 heteroatoms. The van der Waals surface area contributed by atoms with E-state index < -0.39 is 4.92 Å². The maximum Gasteiger partial charge on any atom is 0.270 e. The van der Waals surface area contributed by atoms with E-state index in [2.05, 4.69) is 15.1 Å². The molecule has 1 aliphatic rings. The Morgan fingerprint density at radius 3 is 2.63 bits per heavy atom. The molecule has 0 saturated carbocycles. The highest BCUT2D eigenvalue weighted by Gasteiger charge is 2.24. The topological polar surface area (TPSA) is 94.2 Å². The number of nitro benzene ring substituents is 1. The molecule has 3 aromatic rings. The van der Waals surface area contributed by atoms with Crippen LogP contribution >= 0.6 is 23.4 Å². The van der Waals surface area contributed by atoms with Gasteiger partial charge >= 0.3 is 0 Å². The van der Waals surface area contributed by atoms with Gasteiger partial charge in [-0.25, -0.2) is 0 Å². The molecular weight excluding hydrogens is 426 g/mol. The molecule has 0 spiro atoms. The number of anilines is 1. The standard InChI is InChI=1S/C20H18ClN5O3S/c21-16-8-1-2-9-17(16)25-19(24-10-3-4-11-24)22-23-20(25)30-13-18(27)14-6-5-7-15(12-14)26(28)29/h1-2,5-9,12H,3-4,10-11,13H2. The quantitative estimate of drug-likeness (QED) is 0.231. The van der Waals surface area contributed by atoms with Crippen molar-refractivity contribution in [1.82, 2.24) is 14.8 Å². The third kappa shape index (κ3) is 4.17. The number of nitrogens with zero attached hydrogens (tertiary/aromatic N) is 5. The Hall–Kier alpha value is -2.91. The maximum absolute atomic E-state index is 12.6. The van der Waals surface area contributed by atoms with E-state index >= 15 is 0 Å². The summed E-state index contributed by atoms with van der Waals surface area (Å²) < 4.78 is 1.87. The number of nitro groups is 1. The molecule has 4 rings (SSSR count). The molecule has 0 aliphatic carbocycles.